The van der Waals surface area contributed by atoms with Crippen molar-refractivity contribution >= 4 is 23.2 Å². The lowest BCUT2D eigenvalue weighted by Gasteiger charge is -2.14. The summed E-state index contributed by atoms with van der Waals surface area (Å²) < 4.78 is 0. The molecule has 2 rings (SSSR count). The number of nitrogens with two attached hydrogens (primary N) is 1. The lowest BCUT2D eigenvalue weighted by molar-refractivity contribution is 0.629. The fourth-order valence-electron chi connectivity index (χ4n) is 1.94. The van der Waals surface area contributed by atoms with Gasteiger partial charge in [0.2, 0.25) is 0 Å². The van der Waals surface area contributed by atoms with Crippen LogP contribution in [0.15, 0.2) is 18.2 Å². The first-order valence-corrected chi connectivity index (χ1v) is 5.59. The van der Waals surface area contributed by atoms with Crippen LogP contribution in [-0.4, -0.2) is 6.54 Å². The Morgan fingerprint density at radius 1 is 1.21 bits per heavy atom. The highest BCUT2D eigenvalue weighted by atomic mass is 35.5. The van der Waals surface area contributed by atoms with Gasteiger partial charge in [-0.1, -0.05) is 29.3 Å². The number of halogens is 2. The molecule has 1 aliphatic rings. The van der Waals surface area contributed by atoms with Crippen LogP contribution in [0.5, 0.6) is 0 Å². The summed E-state index contributed by atoms with van der Waals surface area (Å²) in [5.74, 6) is 0. The van der Waals surface area contributed by atoms with Gasteiger partial charge in [-0.05, 0) is 48.9 Å². The van der Waals surface area contributed by atoms with E-state index in [9.17, 15) is 0 Å². The van der Waals surface area contributed by atoms with Crippen LogP contribution in [-0.2, 0) is 5.41 Å². The molecule has 1 nitrogen and oxygen atoms in total. The van der Waals surface area contributed by atoms with Gasteiger partial charge in [-0.3, -0.25) is 0 Å². The molecule has 0 aromatic heterocycles. The van der Waals surface area contributed by atoms with Crippen LogP contribution in [0.25, 0.3) is 0 Å². The van der Waals surface area contributed by atoms with E-state index in [0.29, 0.717) is 15.5 Å². The second-order valence-corrected chi connectivity index (χ2v) is 4.76. The zero-order valence-electron chi connectivity index (χ0n) is 7.89. The van der Waals surface area contributed by atoms with E-state index in [1.165, 1.54) is 18.4 Å². The Hall–Kier alpha value is -0.240. The first-order chi connectivity index (χ1) is 6.68. The third kappa shape index (κ3) is 1.77. The zero-order chi connectivity index (χ0) is 10.2. The van der Waals surface area contributed by atoms with Gasteiger partial charge in [-0.25, -0.2) is 0 Å². The topological polar surface area (TPSA) is 26.0 Å². The molecule has 14 heavy (non-hydrogen) atoms. The summed E-state index contributed by atoms with van der Waals surface area (Å²) in [5, 5.41) is 1.27. The molecular weight excluding hydrogens is 217 g/mol. The van der Waals surface area contributed by atoms with Crippen molar-refractivity contribution < 1.29 is 0 Å². The summed E-state index contributed by atoms with van der Waals surface area (Å²) in [5.41, 5.74) is 7.20. The van der Waals surface area contributed by atoms with E-state index in [1.807, 2.05) is 12.1 Å². The predicted octanol–water partition coefficient (Wildman–Crippen LogP) is 3.37. The summed E-state index contributed by atoms with van der Waals surface area (Å²) in [6.07, 6.45) is 3.50. The molecule has 0 aliphatic heterocycles. The van der Waals surface area contributed by atoms with Crippen molar-refractivity contribution in [2.45, 2.75) is 24.7 Å². The Bertz CT molecular complexity index is 345. The van der Waals surface area contributed by atoms with Crippen molar-refractivity contribution in [1.29, 1.82) is 0 Å². The van der Waals surface area contributed by atoms with Gasteiger partial charge in [0.15, 0.2) is 0 Å². The van der Waals surface area contributed by atoms with Crippen molar-refractivity contribution in [2.75, 3.05) is 6.54 Å². The van der Waals surface area contributed by atoms with E-state index >= 15 is 0 Å². The van der Waals surface area contributed by atoms with Crippen molar-refractivity contribution in [1.82, 2.24) is 0 Å². The molecule has 1 aromatic rings. The molecular formula is C11H13Cl2N. The van der Waals surface area contributed by atoms with Gasteiger partial charge in [0.25, 0.3) is 0 Å². The number of benzene rings is 1. The molecule has 0 bridgehead atoms. The lowest BCUT2D eigenvalue weighted by atomic mass is 9.92. The summed E-state index contributed by atoms with van der Waals surface area (Å²) in [6.45, 7) is 0.736. The van der Waals surface area contributed by atoms with Crippen LogP contribution in [0.3, 0.4) is 0 Å². The highest BCUT2D eigenvalue weighted by molar-refractivity contribution is 6.42. The molecule has 0 saturated heterocycles. The predicted molar refractivity (Wildman–Crippen MR) is 61.0 cm³/mol. The monoisotopic (exact) mass is 229 g/mol. The smallest absolute Gasteiger partial charge is 0.0595 e. The van der Waals surface area contributed by atoms with Gasteiger partial charge in [-0.2, -0.15) is 0 Å². The van der Waals surface area contributed by atoms with Crippen molar-refractivity contribution in [2.24, 2.45) is 5.73 Å². The fourth-order valence-corrected chi connectivity index (χ4v) is 2.23. The van der Waals surface area contributed by atoms with E-state index < -0.39 is 0 Å². The Morgan fingerprint density at radius 3 is 2.43 bits per heavy atom. The molecule has 3 heteroatoms. The molecule has 0 amide bonds. The largest absolute Gasteiger partial charge is 0.330 e. The number of rotatable bonds is 3. The van der Waals surface area contributed by atoms with Gasteiger partial charge in [0, 0.05) is 0 Å². The first kappa shape index (κ1) is 10.3. The number of hydrogen-bond donors (Lipinski definition) is 1. The molecule has 0 radical (unpaired) electrons. The molecule has 1 fully saturated rings. The summed E-state index contributed by atoms with van der Waals surface area (Å²) in [4.78, 5) is 0. The maximum absolute atomic E-state index is 5.98. The maximum atomic E-state index is 5.98. The quantitative estimate of drug-likeness (QED) is 0.846. The highest BCUT2D eigenvalue weighted by Gasteiger charge is 2.43. The molecule has 0 unspecified atom stereocenters. The lowest BCUT2D eigenvalue weighted by Crippen LogP contribution is -2.13. The molecule has 2 N–H and O–H groups in total. The average Bonchev–Trinajstić information content (AvgIpc) is 2.91. The van der Waals surface area contributed by atoms with Crippen molar-refractivity contribution in [3.63, 3.8) is 0 Å². The fraction of sp³-hybridized carbons (Fsp3) is 0.455. The van der Waals surface area contributed by atoms with Crippen LogP contribution in [0, 0.1) is 0 Å². The van der Waals surface area contributed by atoms with E-state index in [0.717, 1.165) is 13.0 Å². The molecule has 0 spiro atoms. The molecule has 1 aromatic carbocycles. The van der Waals surface area contributed by atoms with E-state index in [1.54, 1.807) is 0 Å². The van der Waals surface area contributed by atoms with Crippen molar-refractivity contribution in [3.8, 4) is 0 Å². The van der Waals surface area contributed by atoms with Gasteiger partial charge < -0.3 is 5.73 Å². The maximum Gasteiger partial charge on any atom is 0.0595 e. The summed E-state index contributed by atoms with van der Waals surface area (Å²) >= 11 is 11.9. The zero-order valence-corrected chi connectivity index (χ0v) is 9.41. The second kappa shape index (κ2) is 3.73. The minimum atomic E-state index is 0.309. The molecule has 1 saturated carbocycles. The van der Waals surface area contributed by atoms with E-state index in [2.05, 4.69) is 6.07 Å². The van der Waals surface area contributed by atoms with Crippen LogP contribution >= 0.6 is 23.2 Å². The Balaban J connectivity index is 2.28. The van der Waals surface area contributed by atoms with Crippen LogP contribution < -0.4 is 5.73 Å². The second-order valence-electron chi connectivity index (χ2n) is 3.95. The minimum Gasteiger partial charge on any atom is -0.330 e. The molecule has 0 atom stereocenters. The van der Waals surface area contributed by atoms with Crippen LogP contribution in [0.2, 0.25) is 10.0 Å². The summed E-state index contributed by atoms with van der Waals surface area (Å²) in [6, 6.07) is 5.92. The molecule has 0 heterocycles. The normalized spacial score (nSPS) is 18.2. The minimum absolute atomic E-state index is 0.309. The molecule has 76 valence electrons. The van der Waals surface area contributed by atoms with E-state index in [4.69, 9.17) is 28.9 Å². The Morgan fingerprint density at radius 2 is 1.93 bits per heavy atom. The third-order valence-corrected chi connectivity index (χ3v) is 3.75. The van der Waals surface area contributed by atoms with E-state index in [-0.39, 0.29) is 0 Å². The highest BCUT2D eigenvalue weighted by Crippen LogP contribution is 2.51. The van der Waals surface area contributed by atoms with Crippen molar-refractivity contribution in [3.05, 3.63) is 33.8 Å². The van der Waals surface area contributed by atoms with Gasteiger partial charge in [0.1, 0.15) is 0 Å². The Labute approximate surface area is 94.2 Å². The van der Waals surface area contributed by atoms with Crippen LogP contribution in [0.4, 0.5) is 0 Å². The van der Waals surface area contributed by atoms with Gasteiger partial charge in [0.05, 0.1) is 10.0 Å². The Kier molecular flexibility index (Phi) is 2.74. The van der Waals surface area contributed by atoms with Gasteiger partial charge in [-0.15, -0.1) is 0 Å². The average molecular weight is 230 g/mol. The standard InChI is InChI=1S/C11H13Cl2N/c12-9-2-1-8(7-10(9)13)11(3-4-11)5-6-14/h1-2,7H,3-6,14H2. The first-order valence-electron chi connectivity index (χ1n) is 4.83. The molecule has 1 aliphatic carbocycles. The van der Waals surface area contributed by atoms with Crippen LogP contribution in [0.1, 0.15) is 24.8 Å². The number of hydrogen-bond acceptors (Lipinski definition) is 1. The summed E-state index contributed by atoms with van der Waals surface area (Å²) in [7, 11) is 0. The van der Waals surface area contributed by atoms with Gasteiger partial charge >= 0.3 is 0 Å². The SMILES string of the molecule is NCCC1(c2ccc(Cl)c(Cl)c2)CC1. The third-order valence-electron chi connectivity index (χ3n) is 3.01.